The first-order chi connectivity index (χ1) is 10.1. The van der Waals surface area contributed by atoms with Gasteiger partial charge in [0.25, 0.3) is 0 Å². The molecule has 1 fully saturated rings. The van der Waals surface area contributed by atoms with Gasteiger partial charge in [-0.05, 0) is 37.2 Å². The average Bonchev–Trinajstić information content (AvgIpc) is 2.67. The molecule has 3 nitrogen and oxygen atoms in total. The summed E-state index contributed by atoms with van der Waals surface area (Å²) in [5, 5.41) is 0. The van der Waals surface area contributed by atoms with E-state index in [0.717, 1.165) is 18.5 Å². The predicted octanol–water partition coefficient (Wildman–Crippen LogP) is 3.07. The topological polar surface area (TPSA) is 46.3 Å². The Bertz CT molecular complexity index is 525. The van der Waals surface area contributed by atoms with Gasteiger partial charge in [-0.3, -0.25) is 4.79 Å². The van der Waals surface area contributed by atoms with Crippen molar-refractivity contribution in [1.29, 1.82) is 0 Å². The van der Waals surface area contributed by atoms with E-state index in [1.165, 1.54) is 11.1 Å². The van der Waals surface area contributed by atoms with Crippen LogP contribution in [0.4, 0.5) is 0 Å². The zero-order valence-electron chi connectivity index (χ0n) is 14.6. The fourth-order valence-electron chi connectivity index (χ4n) is 3.56. The van der Waals surface area contributed by atoms with Crippen LogP contribution in [0.15, 0.2) is 18.2 Å². The van der Waals surface area contributed by atoms with Crippen LogP contribution in [0.3, 0.4) is 0 Å². The number of nitrogens with two attached hydrogens (primary N) is 1. The van der Waals surface area contributed by atoms with Crippen molar-refractivity contribution in [2.24, 2.45) is 17.1 Å². The normalized spacial score (nSPS) is 22.2. The molecule has 1 amide bonds. The van der Waals surface area contributed by atoms with Gasteiger partial charge >= 0.3 is 0 Å². The first kappa shape index (κ1) is 17.0. The van der Waals surface area contributed by atoms with Crippen molar-refractivity contribution in [1.82, 2.24) is 4.90 Å². The van der Waals surface area contributed by atoms with E-state index in [-0.39, 0.29) is 17.4 Å². The first-order valence-corrected chi connectivity index (χ1v) is 8.24. The van der Waals surface area contributed by atoms with Crippen LogP contribution in [0.25, 0.3) is 0 Å². The summed E-state index contributed by atoms with van der Waals surface area (Å²) >= 11 is 0. The Morgan fingerprint density at radius 2 is 1.77 bits per heavy atom. The first-order valence-electron chi connectivity index (χ1n) is 8.24. The molecule has 0 bridgehead atoms. The molecule has 122 valence electrons. The Hall–Kier alpha value is -1.35. The highest BCUT2D eigenvalue weighted by Gasteiger charge is 2.34. The van der Waals surface area contributed by atoms with Crippen molar-refractivity contribution in [2.45, 2.75) is 53.5 Å². The number of amides is 1. The van der Waals surface area contributed by atoms with Crippen molar-refractivity contribution in [3.05, 3.63) is 34.9 Å². The molecule has 22 heavy (non-hydrogen) atoms. The summed E-state index contributed by atoms with van der Waals surface area (Å²) in [6.45, 7) is 12.4. The highest BCUT2D eigenvalue weighted by Crippen LogP contribution is 2.30. The van der Waals surface area contributed by atoms with Crippen LogP contribution in [-0.4, -0.2) is 29.9 Å². The van der Waals surface area contributed by atoms with E-state index in [2.05, 4.69) is 52.8 Å². The van der Waals surface area contributed by atoms with Gasteiger partial charge < -0.3 is 10.6 Å². The number of carbonyl (C=O) groups excluding carboxylic acids is 1. The van der Waals surface area contributed by atoms with E-state index < -0.39 is 0 Å². The monoisotopic (exact) mass is 302 g/mol. The summed E-state index contributed by atoms with van der Waals surface area (Å²) < 4.78 is 0. The van der Waals surface area contributed by atoms with Gasteiger partial charge in [0.1, 0.15) is 0 Å². The van der Waals surface area contributed by atoms with Gasteiger partial charge in [0.15, 0.2) is 0 Å². The third-order valence-corrected chi connectivity index (χ3v) is 4.36. The number of hydrogen-bond acceptors (Lipinski definition) is 2. The van der Waals surface area contributed by atoms with Crippen LogP contribution >= 0.6 is 0 Å². The maximum atomic E-state index is 12.6. The van der Waals surface area contributed by atoms with E-state index in [4.69, 9.17) is 5.73 Å². The molecule has 1 aliphatic heterocycles. The van der Waals surface area contributed by atoms with Gasteiger partial charge in [0.05, 0.1) is 6.42 Å². The molecule has 1 saturated heterocycles. The van der Waals surface area contributed by atoms with Crippen LogP contribution in [0.5, 0.6) is 0 Å². The number of aryl methyl sites for hydroxylation is 2. The Morgan fingerprint density at radius 3 is 2.32 bits per heavy atom. The van der Waals surface area contributed by atoms with E-state index in [1.807, 2.05) is 4.90 Å². The SMILES string of the molecule is Cc1cc(C)cc(CC(=O)N2C[C@@H](CC(C)(C)C)[C@H](N)C2)c1. The van der Waals surface area contributed by atoms with Crippen LogP contribution in [0.2, 0.25) is 0 Å². The second-order valence-electron chi connectivity index (χ2n) is 8.16. The Kier molecular flexibility index (Phi) is 4.96. The molecule has 1 heterocycles. The zero-order valence-corrected chi connectivity index (χ0v) is 14.6. The van der Waals surface area contributed by atoms with E-state index >= 15 is 0 Å². The summed E-state index contributed by atoms with van der Waals surface area (Å²) in [4.78, 5) is 14.5. The summed E-state index contributed by atoms with van der Waals surface area (Å²) in [6.07, 6.45) is 1.55. The fourth-order valence-corrected chi connectivity index (χ4v) is 3.56. The van der Waals surface area contributed by atoms with Crippen LogP contribution in [0.1, 0.15) is 43.9 Å². The molecule has 1 aliphatic rings. The minimum atomic E-state index is 0.113. The second kappa shape index (κ2) is 6.41. The number of hydrogen-bond donors (Lipinski definition) is 1. The van der Waals surface area contributed by atoms with Gasteiger partial charge in [-0.15, -0.1) is 0 Å². The smallest absolute Gasteiger partial charge is 0.227 e. The Labute approximate surface area is 134 Å². The summed E-state index contributed by atoms with van der Waals surface area (Å²) in [6, 6.07) is 6.46. The minimum Gasteiger partial charge on any atom is -0.341 e. The van der Waals surface area contributed by atoms with Crippen LogP contribution < -0.4 is 5.73 Å². The number of rotatable bonds is 3. The molecule has 1 aromatic rings. The molecule has 0 saturated carbocycles. The lowest BCUT2D eigenvalue weighted by Crippen LogP contribution is -2.33. The van der Waals surface area contributed by atoms with Gasteiger partial charge in [-0.2, -0.15) is 0 Å². The molecule has 0 radical (unpaired) electrons. The van der Waals surface area contributed by atoms with Crippen molar-refractivity contribution in [3.8, 4) is 0 Å². The highest BCUT2D eigenvalue weighted by atomic mass is 16.2. The molecule has 0 unspecified atom stereocenters. The lowest BCUT2D eigenvalue weighted by Gasteiger charge is -2.24. The van der Waals surface area contributed by atoms with E-state index in [1.54, 1.807) is 0 Å². The second-order valence-corrected chi connectivity index (χ2v) is 8.16. The quantitative estimate of drug-likeness (QED) is 0.932. The molecule has 0 aliphatic carbocycles. The number of carbonyl (C=O) groups is 1. The molecule has 3 heteroatoms. The Balaban J connectivity index is 1.99. The van der Waals surface area contributed by atoms with Crippen molar-refractivity contribution < 1.29 is 4.79 Å². The number of benzene rings is 1. The lowest BCUT2D eigenvalue weighted by atomic mass is 9.83. The van der Waals surface area contributed by atoms with Crippen LogP contribution in [0, 0.1) is 25.2 Å². The summed E-state index contributed by atoms with van der Waals surface area (Å²) in [7, 11) is 0. The fraction of sp³-hybridized carbons (Fsp3) is 0.632. The van der Waals surface area contributed by atoms with Crippen molar-refractivity contribution in [3.63, 3.8) is 0 Å². The van der Waals surface area contributed by atoms with Crippen LogP contribution in [-0.2, 0) is 11.2 Å². The minimum absolute atomic E-state index is 0.113. The predicted molar refractivity (Wildman–Crippen MR) is 91.7 cm³/mol. The molecule has 1 aromatic carbocycles. The molecule has 2 rings (SSSR count). The molecule has 0 spiro atoms. The van der Waals surface area contributed by atoms with E-state index in [0.29, 0.717) is 18.9 Å². The summed E-state index contributed by atoms with van der Waals surface area (Å²) in [5.74, 6) is 0.625. The maximum Gasteiger partial charge on any atom is 0.227 e. The Morgan fingerprint density at radius 1 is 1.18 bits per heavy atom. The zero-order chi connectivity index (χ0) is 16.5. The largest absolute Gasteiger partial charge is 0.341 e. The molecule has 2 N–H and O–H groups in total. The van der Waals surface area contributed by atoms with E-state index in [9.17, 15) is 4.79 Å². The molecular formula is C19H30N2O. The third-order valence-electron chi connectivity index (χ3n) is 4.36. The number of likely N-dealkylation sites (tertiary alicyclic amines) is 1. The van der Waals surface area contributed by atoms with Gasteiger partial charge in [0.2, 0.25) is 5.91 Å². The summed E-state index contributed by atoms with van der Waals surface area (Å²) in [5.41, 5.74) is 10.1. The standard InChI is InChI=1S/C19H30N2O/c1-13-6-14(2)8-15(7-13)9-18(22)21-11-16(17(20)12-21)10-19(3,4)5/h6-8,16-17H,9-12,20H2,1-5H3/t16-,17-/m1/s1. The average molecular weight is 302 g/mol. The molecule has 0 aromatic heterocycles. The number of nitrogens with zero attached hydrogens (tertiary/aromatic N) is 1. The third kappa shape index (κ3) is 4.57. The van der Waals surface area contributed by atoms with Gasteiger partial charge in [-0.25, -0.2) is 0 Å². The highest BCUT2D eigenvalue weighted by molar-refractivity contribution is 5.79. The van der Waals surface area contributed by atoms with Gasteiger partial charge in [-0.1, -0.05) is 50.1 Å². The maximum absolute atomic E-state index is 12.6. The molecular weight excluding hydrogens is 272 g/mol. The molecule has 2 atom stereocenters. The lowest BCUT2D eigenvalue weighted by molar-refractivity contribution is -0.129. The van der Waals surface area contributed by atoms with Gasteiger partial charge in [0, 0.05) is 19.1 Å². The van der Waals surface area contributed by atoms with Crippen molar-refractivity contribution >= 4 is 5.91 Å². The van der Waals surface area contributed by atoms with Crippen molar-refractivity contribution in [2.75, 3.05) is 13.1 Å².